The number of halogens is 3. The molecular weight excluding hydrogens is 249 g/mol. The molecule has 17 heavy (non-hydrogen) atoms. The predicted molar refractivity (Wildman–Crippen MR) is 44.8 cm³/mol. The molecule has 0 radical (unpaired) electrons. The molecular formula is C8H11F3O6. The first-order valence-electron chi connectivity index (χ1n) is 4.62. The van der Waals surface area contributed by atoms with Crippen molar-refractivity contribution in [2.45, 2.75) is 30.6 Å². The molecule has 1 aliphatic rings. The van der Waals surface area contributed by atoms with Gasteiger partial charge >= 0.3 is 12.1 Å². The van der Waals surface area contributed by atoms with Crippen molar-refractivity contribution >= 4 is 5.97 Å². The van der Waals surface area contributed by atoms with Gasteiger partial charge in [-0.3, -0.25) is 0 Å². The number of esters is 1. The van der Waals surface area contributed by atoms with E-state index < -0.39 is 49.8 Å². The van der Waals surface area contributed by atoms with E-state index in [1.165, 1.54) is 0 Å². The van der Waals surface area contributed by atoms with Gasteiger partial charge in [0.15, 0.2) is 12.7 Å². The Morgan fingerprint density at radius 2 is 1.88 bits per heavy atom. The summed E-state index contributed by atoms with van der Waals surface area (Å²) in [5.41, 5.74) is 0. The third-order valence-electron chi connectivity index (χ3n) is 2.15. The van der Waals surface area contributed by atoms with Crippen LogP contribution in [0.1, 0.15) is 0 Å². The van der Waals surface area contributed by atoms with Gasteiger partial charge in [0.2, 0.25) is 0 Å². The third kappa shape index (κ3) is 3.53. The van der Waals surface area contributed by atoms with Crippen molar-refractivity contribution < 1.29 is 42.8 Å². The Kier molecular flexibility index (Phi) is 4.31. The number of carbonyl (C=O) groups excluding carboxylic acids is 1. The van der Waals surface area contributed by atoms with Gasteiger partial charge in [-0.05, 0) is 0 Å². The minimum absolute atomic E-state index is 0.679. The van der Waals surface area contributed by atoms with Gasteiger partial charge in [-0.1, -0.05) is 0 Å². The summed E-state index contributed by atoms with van der Waals surface area (Å²) in [6.45, 7) is -2.49. The van der Waals surface area contributed by atoms with Crippen molar-refractivity contribution in [1.29, 1.82) is 0 Å². The van der Waals surface area contributed by atoms with Crippen LogP contribution in [0.25, 0.3) is 0 Å². The Bertz CT molecular complexity index is 281. The number of aliphatic hydroxyl groups excluding tert-OH is 3. The van der Waals surface area contributed by atoms with E-state index in [2.05, 4.69) is 9.47 Å². The summed E-state index contributed by atoms with van der Waals surface area (Å²) >= 11 is 0. The molecule has 0 aromatic rings. The van der Waals surface area contributed by atoms with Gasteiger partial charge < -0.3 is 24.8 Å². The quantitative estimate of drug-likeness (QED) is 0.539. The molecule has 0 aliphatic carbocycles. The van der Waals surface area contributed by atoms with Crippen LogP contribution in [0, 0.1) is 0 Å². The standard InChI is InChI=1S/C8H11F3O6/c9-8(10,11)2-16-7(15)6-5(14)4(13)3(1-12)17-6/h3-6,12-14H,1-2H2/t3-,4-,5+,6-/m1/s1. The van der Waals surface area contributed by atoms with Crippen LogP contribution in [0.2, 0.25) is 0 Å². The number of hydrogen-bond donors (Lipinski definition) is 3. The molecule has 1 rings (SSSR count). The fourth-order valence-corrected chi connectivity index (χ4v) is 1.33. The summed E-state index contributed by atoms with van der Waals surface area (Å²) < 4.78 is 43.8. The molecule has 100 valence electrons. The van der Waals surface area contributed by atoms with Crippen LogP contribution in [0.15, 0.2) is 0 Å². The second kappa shape index (κ2) is 5.17. The van der Waals surface area contributed by atoms with E-state index in [0.717, 1.165) is 0 Å². The van der Waals surface area contributed by atoms with E-state index >= 15 is 0 Å². The Morgan fingerprint density at radius 1 is 1.29 bits per heavy atom. The van der Waals surface area contributed by atoms with Gasteiger partial charge in [0.05, 0.1) is 6.61 Å². The topological polar surface area (TPSA) is 96.2 Å². The van der Waals surface area contributed by atoms with Crippen LogP contribution in [-0.2, 0) is 14.3 Å². The molecule has 0 amide bonds. The van der Waals surface area contributed by atoms with E-state index in [1.54, 1.807) is 0 Å². The second-order valence-corrected chi connectivity index (χ2v) is 3.48. The molecule has 0 saturated carbocycles. The highest BCUT2D eigenvalue weighted by Gasteiger charge is 2.47. The lowest BCUT2D eigenvalue weighted by atomic mass is 10.1. The Morgan fingerprint density at radius 3 is 2.29 bits per heavy atom. The normalized spacial score (nSPS) is 33.8. The van der Waals surface area contributed by atoms with Gasteiger partial charge in [-0.15, -0.1) is 0 Å². The zero-order chi connectivity index (χ0) is 13.2. The van der Waals surface area contributed by atoms with Gasteiger partial charge in [0, 0.05) is 0 Å². The maximum absolute atomic E-state index is 11.7. The molecule has 9 heteroatoms. The Labute approximate surface area is 93.6 Å². The van der Waals surface area contributed by atoms with Crippen LogP contribution in [0.3, 0.4) is 0 Å². The first kappa shape index (κ1) is 14.2. The van der Waals surface area contributed by atoms with Crippen LogP contribution >= 0.6 is 0 Å². The lowest BCUT2D eigenvalue weighted by Gasteiger charge is -2.14. The average Bonchev–Trinajstić information content (AvgIpc) is 2.52. The molecule has 0 bridgehead atoms. The molecule has 0 spiro atoms. The molecule has 1 fully saturated rings. The van der Waals surface area contributed by atoms with Crippen molar-refractivity contribution in [3.8, 4) is 0 Å². The minimum atomic E-state index is -4.69. The van der Waals surface area contributed by atoms with Crippen molar-refractivity contribution in [3.05, 3.63) is 0 Å². The summed E-state index contributed by atoms with van der Waals surface area (Å²) in [6.07, 6.45) is -10.9. The SMILES string of the molecule is O=C(OCC(F)(F)F)[C@@H]1O[C@H](CO)[C@@H](O)[C@@H]1O. The zero-order valence-corrected chi connectivity index (χ0v) is 8.42. The zero-order valence-electron chi connectivity index (χ0n) is 8.42. The lowest BCUT2D eigenvalue weighted by Crippen LogP contribution is -2.38. The predicted octanol–water partition coefficient (Wildman–Crippen LogP) is -1.43. The van der Waals surface area contributed by atoms with Gasteiger partial charge in [0.1, 0.15) is 18.3 Å². The average molecular weight is 260 g/mol. The molecule has 6 nitrogen and oxygen atoms in total. The summed E-state index contributed by atoms with van der Waals surface area (Å²) in [5, 5.41) is 27.2. The van der Waals surface area contributed by atoms with Crippen molar-refractivity contribution in [2.24, 2.45) is 0 Å². The Balaban J connectivity index is 2.53. The fraction of sp³-hybridized carbons (Fsp3) is 0.875. The molecule has 1 saturated heterocycles. The second-order valence-electron chi connectivity index (χ2n) is 3.48. The van der Waals surface area contributed by atoms with Crippen LogP contribution in [0.5, 0.6) is 0 Å². The summed E-state index contributed by atoms with van der Waals surface area (Å²) in [4.78, 5) is 11.1. The van der Waals surface area contributed by atoms with Crippen molar-refractivity contribution in [1.82, 2.24) is 0 Å². The number of ether oxygens (including phenoxy) is 2. The molecule has 0 aromatic heterocycles. The molecule has 0 unspecified atom stereocenters. The van der Waals surface area contributed by atoms with Crippen molar-refractivity contribution in [3.63, 3.8) is 0 Å². The highest BCUT2D eigenvalue weighted by atomic mass is 19.4. The van der Waals surface area contributed by atoms with E-state index in [1.807, 2.05) is 0 Å². The number of carbonyl (C=O) groups is 1. The minimum Gasteiger partial charge on any atom is -0.454 e. The summed E-state index contributed by atoms with van der Waals surface area (Å²) in [6, 6.07) is 0. The largest absolute Gasteiger partial charge is 0.454 e. The van der Waals surface area contributed by atoms with Gasteiger partial charge in [-0.2, -0.15) is 13.2 Å². The van der Waals surface area contributed by atoms with Gasteiger partial charge in [0.25, 0.3) is 0 Å². The lowest BCUT2D eigenvalue weighted by molar-refractivity contribution is -0.195. The molecule has 1 aliphatic heterocycles. The maximum Gasteiger partial charge on any atom is 0.422 e. The molecule has 4 atom stereocenters. The van der Waals surface area contributed by atoms with Gasteiger partial charge in [-0.25, -0.2) is 4.79 Å². The first-order chi connectivity index (χ1) is 7.76. The number of hydrogen-bond acceptors (Lipinski definition) is 6. The monoisotopic (exact) mass is 260 g/mol. The summed E-state index contributed by atoms with van der Waals surface area (Å²) in [5.74, 6) is -1.44. The fourth-order valence-electron chi connectivity index (χ4n) is 1.33. The third-order valence-corrected chi connectivity index (χ3v) is 2.15. The Hall–Kier alpha value is -0.900. The van der Waals surface area contributed by atoms with Crippen LogP contribution < -0.4 is 0 Å². The van der Waals surface area contributed by atoms with Crippen LogP contribution in [0.4, 0.5) is 13.2 Å². The number of rotatable bonds is 3. The van der Waals surface area contributed by atoms with E-state index in [9.17, 15) is 28.2 Å². The van der Waals surface area contributed by atoms with E-state index in [-0.39, 0.29) is 0 Å². The van der Waals surface area contributed by atoms with Crippen LogP contribution in [-0.4, -0.2) is 65.1 Å². The molecule has 1 heterocycles. The maximum atomic E-state index is 11.7. The summed E-state index contributed by atoms with van der Waals surface area (Å²) in [7, 11) is 0. The highest BCUT2D eigenvalue weighted by molar-refractivity contribution is 5.76. The van der Waals surface area contributed by atoms with E-state index in [4.69, 9.17) is 5.11 Å². The number of alkyl halides is 3. The first-order valence-corrected chi connectivity index (χ1v) is 4.62. The highest BCUT2D eigenvalue weighted by Crippen LogP contribution is 2.23. The number of aliphatic hydroxyl groups is 3. The van der Waals surface area contributed by atoms with Crippen molar-refractivity contribution in [2.75, 3.05) is 13.2 Å². The molecule has 3 N–H and O–H groups in total. The smallest absolute Gasteiger partial charge is 0.422 e. The molecule has 0 aromatic carbocycles. The van der Waals surface area contributed by atoms with E-state index in [0.29, 0.717) is 0 Å².